The molecule has 1 saturated heterocycles. The maximum atomic E-state index is 12.8. The average Bonchev–Trinajstić information content (AvgIpc) is 2.34. The largest absolute Gasteiger partial charge is 0.397 e. The maximum absolute atomic E-state index is 12.8. The van der Waals surface area contributed by atoms with Crippen LogP contribution in [-0.4, -0.2) is 25.3 Å². The quantitative estimate of drug-likeness (QED) is 0.847. The monoisotopic (exact) mass is 282 g/mol. The molecular weight excluding hydrogens is 260 g/mol. The van der Waals surface area contributed by atoms with E-state index in [1.807, 2.05) is 26.0 Å². The molecule has 1 fully saturated rings. The van der Waals surface area contributed by atoms with E-state index in [1.54, 1.807) is 11.2 Å². The molecule has 4 nitrogen and oxygen atoms in total. The number of nitrogens with two attached hydrogens (primary N) is 1. The summed E-state index contributed by atoms with van der Waals surface area (Å²) in [5.74, 6) is 0. The van der Waals surface area contributed by atoms with Crippen LogP contribution in [0.2, 0.25) is 0 Å². The van der Waals surface area contributed by atoms with Crippen LogP contribution >= 0.6 is 0 Å². The van der Waals surface area contributed by atoms with Crippen LogP contribution in [0.15, 0.2) is 17.0 Å². The van der Waals surface area contributed by atoms with Gasteiger partial charge in [-0.15, -0.1) is 0 Å². The molecule has 0 aromatic heterocycles. The van der Waals surface area contributed by atoms with E-state index in [-0.39, 0.29) is 6.04 Å². The molecule has 1 heterocycles. The molecule has 1 aliphatic rings. The molecular formula is C14H22N2O2S. The van der Waals surface area contributed by atoms with Crippen LogP contribution in [0.3, 0.4) is 0 Å². The van der Waals surface area contributed by atoms with Gasteiger partial charge in [-0.3, -0.25) is 0 Å². The molecule has 1 unspecified atom stereocenters. The zero-order chi connectivity index (χ0) is 14.2. The van der Waals surface area contributed by atoms with Crippen molar-refractivity contribution in [3.63, 3.8) is 0 Å². The van der Waals surface area contributed by atoms with Gasteiger partial charge in [0.15, 0.2) is 0 Å². The number of nitrogens with zero attached hydrogens (tertiary/aromatic N) is 1. The van der Waals surface area contributed by atoms with Gasteiger partial charge >= 0.3 is 0 Å². The summed E-state index contributed by atoms with van der Waals surface area (Å²) in [7, 11) is -3.49. The van der Waals surface area contributed by atoms with Crippen LogP contribution < -0.4 is 5.73 Å². The highest BCUT2D eigenvalue weighted by Gasteiger charge is 2.33. The van der Waals surface area contributed by atoms with E-state index in [4.69, 9.17) is 5.73 Å². The molecule has 1 atom stereocenters. The van der Waals surface area contributed by atoms with Crippen molar-refractivity contribution in [2.24, 2.45) is 0 Å². The molecule has 1 aliphatic heterocycles. The first-order valence-corrected chi connectivity index (χ1v) is 8.17. The minimum atomic E-state index is -3.49. The summed E-state index contributed by atoms with van der Waals surface area (Å²) >= 11 is 0. The predicted octanol–water partition coefficient (Wildman–Crippen LogP) is 2.45. The summed E-state index contributed by atoms with van der Waals surface area (Å²) in [5, 5.41) is 0. The third-order valence-electron chi connectivity index (χ3n) is 3.92. The second kappa shape index (κ2) is 5.13. The van der Waals surface area contributed by atoms with E-state index in [9.17, 15) is 8.42 Å². The lowest BCUT2D eigenvalue weighted by atomic mass is 10.1. The Hall–Kier alpha value is -1.07. The van der Waals surface area contributed by atoms with E-state index in [2.05, 4.69) is 0 Å². The van der Waals surface area contributed by atoms with Crippen LogP contribution in [-0.2, 0) is 10.0 Å². The molecule has 1 aromatic carbocycles. The summed E-state index contributed by atoms with van der Waals surface area (Å²) in [6.07, 6.45) is 2.94. The van der Waals surface area contributed by atoms with Crippen LogP contribution in [0.5, 0.6) is 0 Å². The lowest BCUT2D eigenvalue weighted by molar-refractivity contribution is 0.268. The zero-order valence-corrected chi connectivity index (χ0v) is 12.6. The van der Waals surface area contributed by atoms with Crippen LogP contribution in [0.4, 0.5) is 5.69 Å². The number of nitrogen functional groups attached to an aromatic ring is 1. The third kappa shape index (κ3) is 2.49. The van der Waals surface area contributed by atoms with Crippen LogP contribution in [0.25, 0.3) is 0 Å². The van der Waals surface area contributed by atoms with Gasteiger partial charge in [0.2, 0.25) is 10.0 Å². The van der Waals surface area contributed by atoms with Crippen molar-refractivity contribution < 1.29 is 8.42 Å². The molecule has 106 valence electrons. The standard InChI is InChI=1S/C14H22N2O2S/c1-10-7-8-11(2)14(13(10)15)19(17,18)16-9-5-4-6-12(16)3/h7-8,12H,4-6,9,15H2,1-3H3. The molecule has 0 saturated carbocycles. The first kappa shape index (κ1) is 14.3. The SMILES string of the molecule is Cc1ccc(C)c(S(=O)(=O)N2CCCCC2C)c1N. The number of benzene rings is 1. The van der Waals surface area contributed by atoms with Gasteiger partial charge in [-0.05, 0) is 44.7 Å². The van der Waals surface area contributed by atoms with E-state index >= 15 is 0 Å². The smallest absolute Gasteiger partial charge is 0.245 e. The molecule has 0 aliphatic carbocycles. The van der Waals surface area contributed by atoms with Gasteiger partial charge in [-0.1, -0.05) is 18.6 Å². The summed E-state index contributed by atoms with van der Waals surface area (Å²) < 4.78 is 27.3. The normalized spacial score (nSPS) is 21.5. The van der Waals surface area contributed by atoms with Crippen molar-refractivity contribution in [1.29, 1.82) is 0 Å². The van der Waals surface area contributed by atoms with Crippen molar-refractivity contribution in [2.45, 2.75) is 51.0 Å². The van der Waals surface area contributed by atoms with Crippen molar-refractivity contribution in [1.82, 2.24) is 4.31 Å². The van der Waals surface area contributed by atoms with Gasteiger partial charge in [0.25, 0.3) is 0 Å². The number of hydrogen-bond donors (Lipinski definition) is 1. The minimum absolute atomic E-state index is 0.0538. The van der Waals surface area contributed by atoms with E-state index in [1.165, 1.54) is 0 Å². The highest BCUT2D eigenvalue weighted by atomic mass is 32.2. The number of hydrogen-bond acceptors (Lipinski definition) is 3. The van der Waals surface area contributed by atoms with Crippen LogP contribution in [0.1, 0.15) is 37.3 Å². The third-order valence-corrected chi connectivity index (χ3v) is 6.14. The first-order valence-electron chi connectivity index (χ1n) is 6.73. The maximum Gasteiger partial charge on any atom is 0.245 e. The Morgan fingerprint density at radius 3 is 2.47 bits per heavy atom. The summed E-state index contributed by atoms with van der Waals surface area (Å²) in [6, 6.07) is 3.74. The van der Waals surface area contributed by atoms with Gasteiger partial charge < -0.3 is 5.73 Å². The number of piperidine rings is 1. The van der Waals surface area contributed by atoms with Gasteiger partial charge in [-0.2, -0.15) is 4.31 Å². The lowest BCUT2D eigenvalue weighted by Crippen LogP contribution is -2.42. The Bertz CT molecular complexity index is 581. The number of anilines is 1. The minimum Gasteiger partial charge on any atom is -0.397 e. The Kier molecular flexibility index (Phi) is 3.87. The number of aryl methyl sites for hydroxylation is 2. The molecule has 1 aromatic rings. The second-order valence-corrected chi connectivity index (χ2v) is 7.23. The Morgan fingerprint density at radius 2 is 1.84 bits per heavy atom. The fraction of sp³-hybridized carbons (Fsp3) is 0.571. The Labute approximate surface area is 115 Å². The van der Waals surface area contributed by atoms with Gasteiger partial charge in [-0.25, -0.2) is 8.42 Å². The molecule has 0 radical (unpaired) electrons. The van der Waals surface area contributed by atoms with Crippen molar-refractivity contribution >= 4 is 15.7 Å². The molecule has 19 heavy (non-hydrogen) atoms. The fourth-order valence-corrected chi connectivity index (χ4v) is 4.79. The lowest BCUT2D eigenvalue weighted by Gasteiger charge is -2.33. The molecule has 0 amide bonds. The number of rotatable bonds is 2. The molecule has 2 N–H and O–H groups in total. The first-order chi connectivity index (χ1) is 8.85. The Morgan fingerprint density at radius 1 is 1.21 bits per heavy atom. The molecule has 0 bridgehead atoms. The predicted molar refractivity (Wildman–Crippen MR) is 77.5 cm³/mol. The van der Waals surface area contributed by atoms with Crippen molar-refractivity contribution in [3.8, 4) is 0 Å². The number of sulfonamides is 1. The van der Waals surface area contributed by atoms with Gasteiger partial charge in [0.05, 0.1) is 5.69 Å². The molecule has 0 spiro atoms. The molecule has 2 rings (SSSR count). The topological polar surface area (TPSA) is 63.4 Å². The zero-order valence-electron chi connectivity index (χ0n) is 11.8. The van der Waals surface area contributed by atoms with E-state index < -0.39 is 10.0 Å². The summed E-state index contributed by atoms with van der Waals surface area (Å²) in [6.45, 7) is 6.21. The van der Waals surface area contributed by atoms with Gasteiger partial charge in [0, 0.05) is 12.6 Å². The summed E-state index contributed by atoms with van der Waals surface area (Å²) in [5.41, 5.74) is 7.94. The van der Waals surface area contributed by atoms with Crippen LogP contribution in [0, 0.1) is 13.8 Å². The fourth-order valence-electron chi connectivity index (χ4n) is 2.70. The summed E-state index contributed by atoms with van der Waals surface area (Å²) in [4.78, 5) is 0.293. The van der Waals surface area contributed by atoms with Gasteiger partial charge in [0.1, 0.15) is 4.90 Å². The average molecular weight is 282 g/mol. The molecule has 5 heteroatoms. The van der Waals surface area contributed by atoms with Crippen molar-refractivity contribution in [3.05, 3.63) is 23.3 Å². The van der Waals surface area contributed by atoms with E-state index in [0.717, 1.165) is 30.4 Å². The highest BCUT2D eigenvalue weighted by molar-refractivity contribution is 7.89. The van der Waals surface area contributed by atoms with Crippen molar-refractivity contribution in [2.75, 3.05) is 12.3 Å². The van der Waals surface area contributed by atoms with E-state index in [0.29, 0.717) is 17.1 Å². The second-order valence-electron chi connectivity index (χ2n) is 5.40. The Balaban J connectivity index is 2.53. The highest BCUT2D eigenvalue weighted by Crippen LogP contribution is 2.32.